The predicted octanol–water partition coefficient (Wildman–Crippen LogP) is 0.539. The molecule has 2 amide bonds. The Kier molecular flexibility index (Phi) is 8.00. The Morgan fingerprint density at radius 1 is 1.08 bits per heavy atom. The average molecular weight is 367 g/mol. The summed E-state index contributed by atoms with van der Waals surface area (Å²) in [6.45, 7) is 0.940. The summed E-state index contributed by atoms with van der Waals surface area (Å²) >= 11 is 5.77. The maximum atomic E-state index is 12.0. The average Bonchev–Trinajstić information content (AvgIpc) is 2.51. The van der Waals surface area contributed by atoms with Gasteiger partial charge in [-0.05, 0) is 24.6 Å². The number of benzene rings is 1. The Bertz CT molecular complexity index is 550. The van der Waals surface area contributed by atoms with Crippen molar-refractivity contribution >= 4 is 23.4 Å². The second-order valence-electron chi connectivity index (χ2n) is 5.25. The lowest BCUT2D eigenvalue weighted by Gasteiger charge is -2.17. The summed E-state index contributed by atoms with van der Waals surface area (Å²) in [6, 6.07) is 6.96. The molecule has 1 atom stereocenters. The quantitative estimate of drug-likeness (QED) is 0.629. The van der Waals surface area contributed by atoms with E-state index < -0.39 is 18.6 Å². The molecule has 1 unspecified atom stereocenters. The number of hydrogen-bond acceptors (Lipinski definition) is 2. The molecule has 0 aromatic heterocycles. The number of rotatable bonds is 8. The first kappa shape index (κ1) is 20.2. The molecule has 0 saturated carbocycles. The molecule has 0 spiro atoms. The molecule has 0 heterocycles. The van der Waals surface area contributed by atoms with Crippen LogP contribution in [0.1, 0.15) is 12.5 Å². The smallest absolute Gasteiger partial charge is 0.347 e. The van der Waals surface area contributed by atoms with E-state index in [1.807, 2.05) is 0 Å². The molecule has 24 heavy (non-hydrogen) atoms. The van der Waals surface area contributed by atoms with E-state index in [9.17, 15) is 22.8 Å². The second-order valence-corrected chi connectivity index (χ2v) is 5.69. The summed E-state index contributed by atoms with van der Waals surface area (Å²) in [5.74, 6) is -1.03. The van der Waals surface area contributed by atoms with Crippen LogP contribution >= 0.6 is 11.6 Å². The molecule has 1 rings (SSSR count). The fraction of sp³-hybridized carbons (Fsp3) is 0.467. The lowest BCUT2D eigenvalue weighted by Crippen LogP contribution is -3.14. The number of carbonyl (C=O) groups excluding carboxylic acids is 2. The molecule has 9 heteroatoms. The van der Waals surface area contributed by atoms with E-state index in [-0.39, 0.29) is 19.0 Å². The Morgan fingerprint density at radius 3 is 2.12 bits per heavy atom. The highest BCUT2D eigenvalue weighted by Gasteiger charge is 2.28. The number of alkyl halides is 3. The monoisotopic (exact) mass is 366 g/mol. The molecule has 0 bridgehead atoms. The molecule has 1 aromatic carbocycles. The van der Waals surface area contributed by atoms with Crippen LogP contribution in [0.15, 0.2) is 24.3 Å². The minimum atomic E-state index is -4.45. The fourth-order valence-corrected chi connectivity index (χ4v) is 2.02. The Morgan fingerprint density at radius 2 is 1.62 bits per heavy atom. The van der Waals surface area contributed by atoms with Crippen LogP contribution in [0.2, 0.25) is 5.02 Å². The van der Waals surface area contributed by atoms with Crippen LogP contribution in [0.5, 0.6) is 0 Å². The van der Waals surface area contributed by atoms with Crippen LogP contribution in [0.25, 0.3) is 0 Å². The first-order valence-corrected chi connectivity index (χ1v) is 7.75. The summed E-state index contributed by atoms with van der Waals surface area (Å²) in [4.78, 5) is 23.9. The highest BCUT2D eigenvalue weighted by atomic mass is 35.5. The topological polar surface area (TPSA) is 62.6 Å². The van der Waals surface area contributed by atoms with Gasteiger partial charge in [-0.25, -0.2) is 0 Å². The van der Waals surface area contributed by atoms with Gasteiger partial charge < -0.3 is 15.5 Å². The van der Waals surface area contributed by atoms with Crippen LogP contribution in [0.4, 0.5) is 13.2 Å². The summed E-state index contributed by atoms with van der Waals surface area (Å²) in [5.41, 5.74) is 0.869. The van der Waals surface area contributed by atoms with Crippen LogP contribution in [0, 0.1) is 0 Å². The van der Waals surface area contributed by atoms with Crippen molar-refractivity contribution in [3.05, 3.63) is 34.9 Å². The van der Waals surface area contributed by atoms with Crippen LogP contribution in [-0.2, 0) is 16.1 Å². The number of likely N-dealkylation sites (N-methyl/N-ethyl adjacent to an activating group) is 1. The summed E-state index contributed by atoms with van der Waals surface area (Å²) < 4.78 is 36.1. The van der Waals surface area contributed by atoms with Gasteiger partial charge in [0.1, 0.15) is 6.54 Å². The molecule has 0 saturated heterocycles. The van der Waals surface area contributed by atoms with Gasteiger partial charge in [0, 0.05) is 11.6 Å². The first-order chi connectivity index (χ1) is 11.2. The lowest BCUT2D eigenvalue weighted by atomic mass is 10.2. The third-order valence-electron chi connectivity index (χ3n) is 3.21. The van der Waals surface area contributed by atoms with Gasteiger partial charge in [-0.1, -0.05) is 23.7 Å². The van der Waals surface area contributed by atoms with Crippen molar-refractivity contribution in [2.24, 2.45) is 0 Å². The standard InChI is InChI=1S/C15H19ClF3N3O2/c1-2-22(9-14(24)21-10-15(17,18)19)8-13(23)20-7-11-3-5-12(16)6-4-11/h3-6H,2,7-10H2,1H3,(H,20,23)(H,21,24)/p+1. The Balaban J connectivity index is 2.36. The normalized spacial score (nSPS) is 12.5. The second kappa shape index (κ2) is 9.48. The van der Waals surface area contributed by atoms with E-state index in [4.69, 9.17) is 11.6 Å². The van der Waals surface area contributed by atoms with Gasteiger partial charge in [-0.3, -0.25) is 9.59 Å². The molecular formula is C15H20ClF3N3O2+. The SMILES string of the molecule is CC[NH+](CC(=O)NCc1ccc(Cl)cc1)CC(=O)NCC(F)(F)F. The van der Waals surface area contributed by atoms with Crippen molar-refractivity contribution in [1.29, 1.82) is 0 Å². The van der Waals surface area contributed by atoms with Crippen molar-refractivity contribution < 1.29 is 27.7 Å². The molecule has 1 aromatic rings. The van der Waals surface area contributed by atoms with Crippen LogP contribution < -0.4 is 15.5 Å². The van der Waals surface area contributed by atoms with Crippen molar-refractivity contribution in [2.45, 2.75) is 19.6 Å². The summed E-state index contributed by atoms with van der Waals surface area (Å²) in [7, 11) is 0. The highest BCUT2D eigenvalue weighted by molar-refractivity contribution is 6.30. The zero-order valence-corrected chi connectivity index (χ0v) is 13.9. The number of quaternary nitrogens is 1. The molecular weight excluding hydrogens is 347 g/mol. The molecule has 0 aliphatic carbocycles. The molecule has 0 aliphatic heterocycles. The van der Waals surface area contributed by atoms with E-state index in [0.717, 1.165) is 5.56 Å². The van der Waals surface area contributed by atoms with E-state index in [1.54, 1.807) is 36.5 Å². The molecule has 134 valence electrons. The van der Waals surface area contributed by atoms with Gasteiger partial charge in [0.2, 0.25) is 0 Å². The molecule has 0 aliphatic rings. The third-order valence-corrected chi connectivity index (χ3v) is 3.46. The zero-order chi connectivity index (χ0) is 18.2. The van der Waals surface area contributed by atoms with Gasteiger partial charge in [0.25, 0.3) is 11.8 Å². The number of carbonyl (C=O) groups is 2. The van der Waals surface area contributed by atoms with E-state index >= 15 is 0 Å². The lowest BCUT2D eigenvalue weighted by molar-refractivity contribution is -0.881. The van der Waals surface area contributed by atoms with Crippen molar-refractivity contribution in [1.82, 2.24) is 10.6 Å². The highest BCUT2D eigenvalue weighted by Crippen LogP contribution is 2.11. The Hall–Kier alpha value is -1.80. The van der Waals surface area contributed by atoms with Gasteiger partial charge in [-0.15, -0.1) is 0 Å². The molecule has 5 nitrogen and oxygen atoms in total. The Labute approximate surface area is 143 Å². The minimum Gasteiger partial charge on any atom is -0.347 e. The van der Waals surface area contributed by atoms with E-state index in [2.05, 4.69) is 5.32 Å². The zero-order valence-electron chi connectivity index (χ0n) is 13.2. The van der Waals surface area contributed by atoms with Gasteiger partial charge >= 0.3 is 6.18 Å². The van der Waals surface area contributed by atoms with Crippen molar-refractivity contribution in [3.8, 4) is 0 Å². The van der Waals surface area contributed by atoms with Crippen molar-refractivity contribution in [3.63, 3.8) is 0 Å². The van der Waals surface area contributed by atoms with Gasteiger partial charge in [-0.2, -0.15) is 13.2 Å². The fourth-order valence-electron chi connectivity index (χ4n) is 1.89. The molecule has 0 radical (unpaired) electrons. The van der Waals surface area contributed by atoms with Crippen LogP contribution in [-0.4, -0.2) is 44.2 Å². The van der Waals surface area contributed by atoms with Crippen molar-refractivity contribution in [2.75, 3.05) is 26.2 Å². The molecule has 0 fully saturated rings. The predicted molar refractivity (Wildman–Crippen MR) is 83.6 cm³/mol. The van der Waals surface area contributed by atoms with E-state index in [1.165, 1.54) is 0 Å². The first-order valence-electron chi connectivity index (χ1n) is 7.37. The third kappa shape index (κ3) is 8.73. The van der Waals surface area contributed by atoms with Crippen LogP contribution in [0.3, 0.4) is 0 Å². The maximum Gasteiger partial charge on any atom is 0.405 e. The molecule has 3 N–H and O–H groups in total. The van der Waals surface area contributed by atoms with E-state index in [0.29, 0.717) is 23.0 Å². The number of amides is 2. The maximum absolute atomic E-state index is 12.0. The summed E-state index contributed by atoms with van der Waals surface area (Å²) in [6.07, 6.45) is -4.45. The number of hydrogen-bond donors (Lipinski definition) is 3. The van der Waals surface area contributed by atoms with Gasteiger partial charge in [0.15, 0.2) is 13.1 Å². The number of halogens is 4. The number of nitrogens with one attached hydrogen (secondary N) is 3. The van der Waals surface area contributed by atoms with Gasteiger partial charge in [0.05, 0.1) is 6.54 Å². The largest absolute Gasteiger partial charge is 0.405 e. The summed E-state index contributed by atoms with van der Waals surface area (Å²) in [5, 5.41) is 5.09. The minimum absolute atomic E-state index is 0.00350.